The lowest BCUT2D eigenvalue weighted by atomic mass is 10.2. The van der Waals surface area contributed by atoms with Crippen LogP contribution in [0.1, 0.15) is 27.7 Å². The fourth-order valence-electron chi connectivity index (χ4n) is 3.47. The number of rotatable bonds is 7. The van der Waals surface area contributed by atoms with Crippen molar-refractivity contribution >= 4 is 28.8 Å². The Morgan fingerprint density at radius 3 is 2.73 bits per heavy atom. The van der Waals surface area contributed by atoms with Crippen molar-refractivity contribution in [3.8, 4) is 5.75 Å². The van der Waals surface area contributed by atoms with E-state index in [-0.39, 0.29) is 5.91 Å². The third-order valence-corrected chi connectivity index (χ3v) is 6.45. The molecule has 0 unspecified atom stereocenters. The van der Waals surface area contributed by atoms with Crippen molar-refractivity contribution < 1.29 is 9.53 Å². The highest BCUT2D eigenvalue weighted by Crippen LogP contribution is 2.25. The van der Waals surface area contributed by atoms with Gasteiger partial charge in [0.2, 0.25) is 0 Å². The number of hydrogen-bond acceptors (Lipinski definition) is 5. The smallest absolute Gasteiger partial charge is 0.264 e. The minimum atomic E-state index is 0.0995. The second-order valence-corrected chi connectivity index (χ2v) is 8.63. The first-order chi connectivity index (χ1) is 14.6. The molecule has 0 bridgehead atoms. The minimum Gasteiger partial charge on any atom is -0.487 e. The van der Waals surface area contributed by atoms with Gasteiger partial charge in [-0.05, 0) is 30.5 Å². The van der Waals surface area contributed by atoms with Gasteiger partial charge in [-0.25, -0.2) is 0 Å². The molecule has 1 amide bonds. The molecule has 4 rings (SSSR count). The molecular weight excluding hydrogens is 420 g/mol. The number of aryl methyl sites for hydroxylation is 1. The van der Waals surface area contributed by atoms with Gasteiger partial charge in [-0.3, -0.25) is 14.4 Å². The van der Waals surface area contributed by atoms with Gasteiger partial charge in [0.25, 0.3) is 5.91 Å². The van der Waals surface area contributed by atoms with Crippen LogP contribution >= 0.6 is 22.9 Å². The van der Waals surface area contributed by atoms with E-state index in [1.807, 2.05) is 45.4 Å². The molecule has 30 heavy (non-hydrogen) atoms. The summed E-state index contributed by atoms with van der Waals surface area (Å²) in [5.74, 6) is 0.751. The summed E-state index contributed by atoms with van der Waals surface area (Å²) < 4.78 is 7.72. The highest BCUT2D eigenvalue weighted by molar-refractivity contribution is 7.12. The average molecular weight is 445 g/mol. The predicted octanol–water partition coefficient (Wildman–Crippen LogP) is 4.15. The lowest BCUT2D eigenvalue weighted by Gasteiger charge is -2.34. The number of carbonyl (C=O) groups excluding carboxylic acids is 1. The molecule has 0 atom stereocenters. The molecule has 6 nitrogen and oxygen atoms in total. The van der Waals surface area contributed by atoms with Crippen molar-refractivity contribution in [3.63, 3.8) is 0 Å². The Morgan fingerprint density at radius 1 is 1.20 bits per heavy atom. The third kappa shape index (κ3) is 5.03. The van der Waals surface area contributed by atoms with Crippen molar-refractivity contribution in [2.24, 2.45) is 0 Å². The number of benzene rings is 1. The van der Waals surface area contributed by atoms with Crippen molar-refractivity contribution in [1.82, 2.24) is 19.6 Å². The molecule has 1 aliphatic heterocycles. The van der Waals surface area contributed by atoms with E-state index in [0.29, 0.717) is 17.4 Å². The van der Waals surface area contributed by atoms with Gasteiger partial charge in [-0.15, -0.1) is 11.3 Å². The Hall–Kier alpha value is -2.35. The summed E-state index contributed by atoms with van der Waals surface area (Å²) in [6.45, 7) is 7.47. The average Bonchev–Trinajstić information content (AvgIpc) is 3.43. The Bertz CT molecular complexity index is 994. The highest BCUT2D eigenvalue weighted by Gasteiger charge is 2.23. The number of halogens is 1. The fraction of sp³-hybridized carbons (Fsp3) is 0.364. The number of piperazine rings is 1. The number of aromatic nitrogens is 2. The summed E-state index contributed by atoms with van der Waals surface area (Å²) in [5, 5.41) is 6.90. The lowest BCUT2D eigenvalue weighted by Crippen LogP contribution is -2.48. The van der Waals surface area contributed by atoms with E-state index in [1.54, 1.807) is 6.07 Å². The molecule has 0 radical (unpaired) electrons. The van der Waals surface area contributed by atoms with Crippen LogP contribution in [0.5, 0.6) is 5.75 Å². The van der Waals surface area contributed by atoms with E-state index >= 15 is 0 Å². The summed E-state index contributed by atoms with van der Waals surface area (Å²) in [7, 11) is 0. The van der Waals surface area contributed by atoms with Crippen LogP contribution < -0.4 is 4.74 Å². The summed E-state index contributed by atoms with van der Waals surface area (Å²) in [6.07, 6.45) is 4.02. The Balaban J connectivity index is 1.27. The fourth-order valence-corrected chi connectivity index (χ4v) is 4.52. The van der Waals surface area contributed by atoms with Crippen LogP contribution in [-0.4, -0.2) is 51.7 Å². The number of ether oxygens (including phenoxy) is 1. The van der Waals surface area contributed by atoms with E-state index in [0.717, 1.165) is 49.7 Å². The van der Waals surface area contributed by atoms with Gasteiger partial charge in [0.1, 0.15) is 12.4 Å². The Labute approximate surface area is 185 Å². The number of carbonyl (C=O) groups is 1. The molecule has 3 aromatic rings. The topological polar surface area (TPSA) is 50.6 Å². The molecule has 1 aliphatic rings. The number of nitrogens with zero attached hydrogens (tertiary/aromatic N) is 4. The molecule has 158 valence electrons. The van der Waals surface area contributed by atoms with Crippen LogP contribution in [-0.2, 0) is 19.7 Å². The van der Waals surface area contributed by atoms with Crippen molar-refractivity contribution in [3.05, 3.63) is 69.1 Å². The third-order valence-electron chi connectivity index (χ3n) is 5.17. The first-order valence-corrected chi connectivity index (χ1v) is 11.4. The zero-order valence-electron chi connectivity index (χ0n) is 17.0. The first-order valence-electron chi connectivity index (χ1n) is 10.1. The Morgan fingerprint density at radius 2 is 2.00 bits per heavy atom. The van der Waals surface area contributed by atoms with Gasteiger partial charge in [0.15, 0.2) is 0 Å². The summed E-state index contributed by atoms with van der Waals surface area (Å²) >= 11 is 7.60. The normalized spacial score (nSPS) is 14.8. The van der Waals surface area contributed by atoms with Crippen molar-refractivity contribution in [2.45, 2.75) is 26.6 Å². The number of hydrogen-bond donors (Lipinski definition) is 0. The van der Waals surface area contributed by atoms with E-state index < -0.39 is 0 Å². The second-order valence-electron chi connectivity index (χ2n) is 7.31. The molecule has 1 fully saturated rings. The van der Waals surface area contributed by atoms with E-state index in [9.17, 15) is 4.79 Å². The largest absolute Gasteiger partial charge is 0.487 e. The van der Waals surface area contributed by atoms with E-state index in [2.05, 4.69) is 23.1 Å². The predicted molar refractivity (Wildman–Crippen MR) is 119 cm³/mol. The molecule has 3 heterocycles. The molecule has 0 saturated carbocycles. The Kier molecular flexibility index (Phi) is 6.72. The van der Waals surface area contributed by atoms with Gasteiger partial charge in [0.05, 0.1) is 16.1 Å². The second kappa shape index (κ2) is 9.64. The van der Waals surface area contributed by atoms with Gasteiger partial charge >= 0.3 is 0 Å². The van der Waals surface area contributed by atoms with E-state index in [4.69, 9.17) is 16.3 Å². The SMILES string of the molecule is CCn1cc(CN2CCN(C(=O)c3cc(COc4ccccc4Cl)cs3)CC2)cn1. The summed E-state index contributed by atoms with van der Waals surface area (Å²) in [4.78, 5) is 18.0. The maximum Gasteiger partial charge on any atom is 0.264 e. The molecule has 0 N–H and O–H groups in total. The van der Waals surface area contributed by atoms with Crippen LogP contribution in [0, 0.1) is 0 Å². The zero-order chi connectivity index (χ0) is 20.9. The summed E-state index contributed by atoms with van der Waals surface area (Å²) in [5.41, 5.74) is 2.20. The molecule has 0 aliphatic carbocycles. The summed E-state index contributed by atoms with van der Waals surface area (Å²) in [6, 6.07) is 9.32. The molecule has 0 spiro atoms. The lowest BCUT2D eigenvalue weighted by molar-refractivity contribution is 0.0633. The van der Waals surface area contributed by atoms with Crippen LogP contribution in [0.25, 0.3) is 0 Å². The van der Waals surface area contributed by atoms with Gasteiger partial charge in [-0.1, -0.05) is 23.7 Å². The van der Waals surface area contributed by atoms with Crippen molar-refractivity contribution in [2.75, 3.05) is 26.2 Å². The van der Waals surface area contributed by atoms with E-state index in [1.165, 1.54) is 16.9 Å². The van der Waals surface area contributed by atoms with Gasteiger partial charge in [0, 0.05) is 56.6 Å². The maximum absolute atomic E-state index is 12.9. The molecule has 1 aromatic carbocycles. The number of thiophene rings is 1. The van der Waals surface area contributed by atoms with Crippen LogP contribution in [0.3, 0.4) is 0 Å². The highest BCUT2D eigenvalue weighted by atomic mass is 35.5. The number of para-hydroxylation sites is 1. The van der Waals surface area contributed by atoms with Crippen LogP contribution in [0.15, 0.2) is 48.1 Å². The molecule has 8 heteroatoms. The van der Waals surface area contributed by atoms with Gasteiger partial charge in [-0.2, -0.15) is 5.10 Å². The quantitative estimate of drug-likeness (QED) is 0.549. The number of amides is 1. The molecule has 2 aromatic heterocycles. The first kappa shape index (κ1) is 20.9. The molecular formula is C22H25ClN4O2S. The minimum absolute atomic E-state index is 0.0995. The maximum atomic E-state index is 12.9. The standard InChI is InChI=1S/C22H25ClN4O2S/c1-2-27-14-18(12-24-27)13-25-7-9-26(10-8-25)22(28)21-11-17(16-30-21)15-29-20-6-4-3-5-19(20)23/h3-6,11-12,14,16H,2,7-10,13,15H2,1H3. The monoisotopic (exact) mass is 444 g/mol. The van der Waals surface area contributed by atoms with Crippen LogP contribution in [0.4, 0.5) is 0 Å². The van der Waals surface area contributed by atoms with Crippen molar-refractivity contribution in [1.29, 1.82) is 0 Å². The van der Waals surface area contributed by atoms with Gasteiger partial charge < -0.3 is 9.64 Å². The molecule has 1 saturated heterocycles. The van der Waals surface area contributed by atoms with Crippen LogP contribution in [0.2, 0.25) is 5.02 Å². The zero-order valence-corrected chi connectivity index (χ0v) is 18.5.